The lowest BCUT2D eigenvalue weighted by molar-refractivity contribution is -0.110. The van der Waals surface area contributed by atoms with Gasteiger partial charge in [0, 0.05) is 50.5 Å². The van der Waals surface area contributed by atoms with Crippen LogP contribution in [0.15, 0.2) is 37.1 Å². The SMILES string of the molecule is O=C(c1cnccn1)N1CCC2(CC1)C[C@@H](Nc1ncccn1)CCO2. The number of rotatable bonds is 3. The molecule has 4 heterocycles. The first kappa shape index (κ1) is 16.8. The van der Waals surface area contributed by atoms with Crippen LogP contribution in [0.4, 0.5) is 5.95 Å². The van der Waals surface area contributed by atoms with Crippen molar-refractivity contribution in [1.82, 2.24) is 24.8 Å². The van der Waals surface area contributed by atoms with E-state index >= 15 is 0 Å². The monoisotopic (exact) mass is 354 g/mol. The zero-order valence-electron chi connectivity index (χ0n) is 14.5. The fourth-order valence-corrected chi connectivity index (χ4v) is 3.74. The lowest BCUT2D eigenvalue weighted by Crippen LogP contribution is -2.52. The highest BCUT2D eigenvalue weighted by atomic mass is 16.5. The van der Waals surface area contributed by atoms with Crippen molar-refractivity contribution in [3.63, 3.8) is 0 Å². The number of carbonyl (C=O) groups excluding carboxylic acids is 1. The van der Waals surface area contributed by atoms with Gasteiger partial charge in [0.15, 0.2) is 0 Å². The maximum Gasteiger partial charge on any atom is 0.274 e. The van der Waals surface area contributed by atoms with Crippen molar-refractivity contribution < 1.29 is 9.53 Å². The normalized spacial score (nSPS) is 22.2. The highest BCUT2D eigenvalue weighted by Gasteiger charge is 2.41. The minimum atomic E-state index is -0.177. The molecule has 1 N–H and O–H groups in total. The van der Waals surface area contributed by atoms with E-state index in [1.807, 2.05) is 4.90 Å². The lowest BCUT2D eigenvalue weighted by atomic mass is 9.82. The molecule has 2 aromatic heterocycles. The molecule has 0 aromatic carbocycles. The Morgan fingerprint density at radius 1 is 1.15 bits per heavy atom. The summed E-state index contributed by atoms with van der Waals surface area (Å²) in [6.45, 7) is 2.05. The number of carbonyl (C=O) groups is 1. The first-order valence-corrected chi connectivity index (χ1v) is 8.97. The molecule has 0 saturated carbocycles. The summed E-state index contributed by atoms with van der Waals surface area (Å²) < 4.78 is 6.16. The van der Waals surface area contributed by atoms with Crippen LogP contribution in [0.3, 0.4) is 0 Å². The van der Waals surface area contributed by atoms with Gasteiger partial charge in [-0.3, -0.25) is 9.78 Å². The Morgan fingerprint density at radius 2 is 1.96 bits per heavy atom. The van der Waals surface area contributed by atoms with Crippen molar-refractivity contribution in [3.8, 4) is 0 Å². The number of nitrogens with one attached hydrogen (secondary N) is 1. The van der Waals surface area contributed by atoms with Crippen molar-refractivity contribution in [2.24, 2.45) is 0 Å². The predicted octanol–water partition coefficient (Wildman–Crippen LogP) is 1.53. The van der Waals surface area contributed by atoms with E-state index in [0.717, 1.165) is 25.7 Å². The van der Waals surface area contributed by atoms with Crippen molar-refractivity contribution >= 4 is 11.9 Å². The minimum Gasteiger partial charge on any atom is -0.375 e. The number of amides is 1. The molecule has 0 radical (unpaired) electrons. The van der Waals surface area contributed by atoms with E-state index in [0.29, 0.717) is 31.3 Å². The van der Waals surface area contributed by atoms with E-state index in [4.69, 9.17) is 4.74 Å². The Balaban J connectivity index is 1.36. The van der Waals surface area contributed by atoms with Gasteiger partial charge in [0.05, 0.1) is 11.8 Å². The van der Waals surface area contributed by atoms with E-state index in [2.05, 4.69) is 25.3 Å². The minimum absolute atomic E-state index is 0.0591. The molecule has 2 aromatic rings. The number of anilines is 1. The van der Waals surface area contributed by atoms with E-state index in [-0.39, 0.29) is 17.6 Å². The van der Waals surface area contributed by atoms with Gasteiger partial charge in [-0.15, -0.1) is 0 Å². The number of ether oxygens (including phenoxy) is 1. The molecule has 8 nitrogen and oxygen atoms in total. The molecule has 0 aliphatic carbocycles. The van der Waals surface area contributed by atoms with Crippen molar-refractivity contribution in [1.29, 1.82) is 0 Å². The molecule has 136 valence electrons. The molecular formula is C18H22N6O2. The van der Waals surface area contributed by atoms with Gasteiger partial charge < -0.3 is 15.0 Å². The summed E-state index contributed by atoms with van der Waals surface area (Å²) in [4.78, 5) is 31.0. The molecule has 4 rings (SSSR count). The summed E-state index contributed by atoms with van der Waals surface area (Å²) in [5.41, 5.74) is 0.220. The van der Waals surface area contributed by atoms with Crippen molar-refractivity contribution in [2.45, 2.75) is 37.3 Å². The average Bonchev–Trinajstić information content (AvgIpc) is 2.70. The predicted molar refractivity (Wildman–Crippen MR) is 94.5 cm³/mol. The van der Waals surface area contributed by atoms with E-state index in [1.54, 1.807) is 30.9 Å². The van der Waals surface area contributed by atoms with Gasteiger partial charge in [-0.25, -0.2) is 15.0 Å². The second-order valence-corrected chi connectivity index (χ2v) is 6.82. The Labute approximate surface area is 152 Å². The fourth-order valence-electron chi connectivity index (χ4n) is 3.74. The van der Waals surface area contributed by atoms with Gasteiger partial charge in [-0.1, -0.05) is 0 Å². The van der Waals surface area contributed by atoms with Crippen LogP contribution in [0.1, 0.15) is 36.2 Å². The number of piperidine rings is 1. The number of aromatic nitrogens is 4. The Kier molecular flexibility index (Phi) is 4.75. The van der Waals surface area contributed by atoms with Crippen molar-refractivity contribution in [2.75, 3.05) is 25.0 Å². The number of hydrogen-bond donors (Lipinski definition) is 1. The standard InChI is InChI=1S/C18H22N6O2/c25-16(15-13-19-7-8-20-15)24-9-3-18(4-10-24)12-14(2-11-26-18)23-17-21-5-1-6-22-17/h1,5-8,13-14H,2-4,9-12H2,(H,21,22,23)/t14-/m0/s1. The first-order chi connectivity index (χ1) is 12.7. The molecule has 2 fully saturated rings. The van der Waals surface area contributed by atoms with Crippen LogP contribution in [0.5, 0.6) is 0 Å². The van der Waals surface area contributed by atoms with Gasteiger partial charge in [-0.2, -0.15) is 0 Å². The summed E-state index contributed by atoms with van der Waals surface area (Å²) in [6, 6.07) is 2.09. The van der Waals surface area contributed by atoms with Gasteiger partial charge in [-0.05, 0) is 31.7 Å². The van der Waals surface area contributed by atoms with Crippen LogP contribution in [0.25, 0.3) is 0 Å². The second-order valence-electron chi connectivity index (χ2n) is 6.82. The van der Waals surface area contributed by atoms with Gasteiger partial charge in [0.2, 0.25) is 5.95 Å². The molecule has 2 aliphatic rings. The molecular weight excluding hydrogens is 332 g/mol. The molecule has 1 atom stereocenters. The van der Waals surface area contributed by atoms with Crippen LogP contribution in [-0.4, -0.2) is 62.1 Å². The largest absolute Gasteiger partial charge is 0.375 e. The van der Waals surface area contributed by atoms with Gasteiger partial charge >= 0.3 is 0 Å². The molecule has 26 heavy (non-hydrogen) atoms. The van der Waals surface area contributed by atoms with Crippen LogP contribution >= 0.6 is 0 Å². The number of likely N-dealkylation sites (tertiary alicyclic amines) is 1. The van der Waals surface area contributed by atoms with E-state index in [1.165, 1.54) is 6.20 Å². The maximum absolute atomic E-state index is 12.5. The average molecular weight is 354 g/mol. The summed E-state index contributed by atoms with van der Waals surface area (Å²) in [6.07, 6.45) is 11.6. The third-order valence-electron chi connectivity index (χ3n) is 5.14. The first-order valence-electron chi connectivity index (χ1n) is 8.97. The van der Waals surface area contributed by atoms with Crippen molar-refractivity contribution in [3.05, 3.63) is 42.7 Å². The second kappa shape index (κ2) is 7.33. The summed E-state index contributed by atoms with van der Waals surface area (Å²) in [7, 11) is 0. The molecule has 1 amide bonds. The maximum atomic E-state index is 12.5. The Morgan fingerprint density at radius 3 is 2.69 bits per heavy atom. The lowest BCUT2D eigenvalue weighted by Gasteiger charge is -2.46. The van der Waals surface area contributed by atoms with Crippen LogP contribution in [0.2, 0.25) is 0 Å². The summed E-state index contributed by atoms with van der Waals surface area (Å²) in [5.74, 6) is 0.598. The van der Waals surface area contributed by atoms with Gasteiger partial charge in [0.25, 0.3) is 5.91 Å². The molecule has 0 unspecified atom stereocenters. The number of hydrogen-bond acceptors (Lipinski definition) is 7. The third kappa shape index (κ3) is 3.65. The Hall–Kier alpha value is -2.61. The van der Waals surface area contributed by atoms with Gasteiger partial charge in [0.1, 0.15) is 5.69 Å². The quantitative estimate of drug-likeness (QED) is 0.893. The van der Waals surface area contributed by atoms with Crippen LogP contribution in [0, 0.1) is 0 Å². The molecule has 2 saturated heterocycles. The third-order valence-corrected chi connectivity index (χ3v) is 5.14. The van der Waals surface area contributed by atoms with E-state index < -0.39 is 0 Å². The molecule has 2 aliphatic heterocycles. The zero-order valence-corrected chi connectivity index (χ0v) is 14.5. The smallest absolute Gasteiger partial charge is 0.274 e. The van der Waals surface area contributed by atoms with Crippen LogP contribution in [-0.2, 0) is 4.74 Å². The highest BCUT2D eigenvalue weighted by Crippen LogP contribution is 2.36. The summed E-state index contributed by atoms with van der Waals surface area (Å²) in [5, 5.41) is 3.41. The number of nitrogens with zero attached hydrogens (tertiary/aromatic N) is 5. The zero-order chi connectivity index (χ0) is 17.8. The highest BCUT2D eigenvalue weighted by molar-refractivity contribution is 5.92. The molecule has 0 bridgehead atoms. The van der Waals surface area contributed by atoms with Crippen LogP contribution < -0.4 is 5.32 Å². The topological polar surface area (TPSA) is 93.1 Å². The fraction of sp³-hybridized carbons (Fsp3) is 0.500. The molecule has 8 heteroatoms. The summed E-state index contributed by atoms with van der Waals surface area (Å²) >= 11 is 0. The van der Waals surface area contributed by atoms with E-state index in [9.17, 15) is 4.79 Å². The molecule has 1 spiro atoms. The Bertz CT molecular complexity index is 734.